The molecule has 1 aromatic rings. The molecule has 112 valence electrons. The van der Waals surface area contributed by atoms with Gasteiger partial charge < -0.3 is 20.3 Å². The van der Waals surface area contributed by atoms with Crippen molar-refractivity contribution in [2.24, 2.45) is 0 Å². The summed E-state index contributed by atoms with van der Waals surface area (Å²) in [5.41, 5.74) is 0.386. The predicted molar refractivity (Wildman–Crippen MR) is 79.4 cm³/mol. The van der Waals surface area contributed by atoms with Gasteiger partial charge >= 0.3 is 0 Å². The topological polar surface area (TPSA) is 61.7 Å². The van der Waals surface area contributed by atoms with Crippen LogP contribution in [0, 0.1) is 6.92 Å². The smallest absolute Gasteiger partial charge is 0.119 e. The molecule has 5 heteroatoms. The Kier molecular flexibility index (Phi) is 5.27. The molecule has 1 aliphatic carbocycles. The van der Waals surface area contributed by atoms with E-state index in [2.05, 4.69) is 5.32 Å². The first-order valence-corrected chi connectivity index (χ1v) is 7.36. The standard InChI is InChI=1S/C15H22ClNO3/c1-11-7-13(3-4-14(11)16)20-9-12(18)8-17-10-15(19)5-2-6-15/h3-4,7,12,17-19H,2,5-6,8-10H2,1H3. The van der Waals surface area contributed by atoms with Gasteiger partial charge in [-0.15, -0.1) is 0 Å². The van der Waals surface area contributed by atoms with Crippen molar-refractivity contribution in [1.82, 2.24) is 5.32 Å². The number of aliphatic hydroxyl groups excluding tert-OH is 1. The van der Waals surface area contributed by atoms with E-state index < -0.39 is 11.7 Å². The molecule has 2 rings (SSSR count). The SMILES string of the molecule is Cc1cc(OCC(O)CNCC2(O)CCC2)ccc1Cl. The molecule has 4 nitrogen and oxygen atoms in total. The van der Waals surface area contributed by atoms with Crippen LogP contribution in [0.15, 0.2) is 18.2 Å². The fraction of sp³-hybridized carbons (Fsp3) is 0.600. The highest BCUT2D eigenvalue weighted by Crippen LogP contribution is 2.30. The number of aliphatic hydroxyl groups is 2. The Morgan fingerprint density at radius 3 is 2.80 bits per heavy atom. The van der Waals surface area contributed by atoms with E-state index in [0.717, 1.165) is 24.8 Å². The van der Waals surface area contributed by atoms with Gasteiger partial charge in [0, 0.05) is 18.1 Å². The molecule has 1 aliphatic rings. The number of halogens is 1. The molecule has 3 N–H and O–H groups in total. The van der Waals surface area contributed by atoms with Gasteiger partial charge in [-0.3, -0.25) is 0 Å². The number of hydrogen-bond donors (Lipinski definition) is 3. The van der Waals surface area contributed by atoms with Gasteiger partial charge in [-0.1, -0.05) is 11.6 Å². The molecule has 0 aliphatic heterocycles. The summed E-state index contributed by atoms with van der Waals surface area (Å²) >= 11 is 5.94. The summed E-state index contributed by atoms with van der Waals surface area (Å²) < 4.78 is 5.52. The maximum Gasteiger partial charge on any atom is 0.119 e. The summed E-state index contributed by atoms with van der Waals surface area (Å²) in [5, 5.41) is 23.5. The van der Waals surface area contributed by atoms with Crippen LogP contribution in [0.2, 0.25) is 5.02 Å². The Hall–Kier alpha value is -0.810. The first kappa shape index (κ1) is 15.6. The van der Waals surface area contributed by atoms with Crippen molar-refractivity contribution >= 4 is 11.6 Å². The zero-order chi connectivity index (χ0) is 14.6. The molecule has 0 radical (unpaired) electrons. The number of rotatable bonds is 7. The van der Waals surface area contributed by atoms with Crippen molar-refractivity contribution < 1.29 is 14.9 Å². The molecule has 20 heavy (non-hydrogen) atoms. The number of hydrogen-bond acceptors (Lipinski definition) is 4. The third kappa shape index (κ3) is 4.35. The number of ether oxygens (including phenoxy) is 1. The van der Waals surface area contributed by atoms with Gasteiger partial charge in [-0.05, 0) is 49.9 Å². The van der Waals surface area contributed by atoms with Crippen molar-refractivity contribution in [2.45, 2.75) is 37.9 Å². The molecule has 0 spiro atoms. The second-order valence-electron chi connectivity index (χ2n) is 5.58. The van der Waals surface area contributed by atoms with Gasteiger partial charge in [0.2, 0.25) is 0 Å². The molecule has 0 amide bonds. The van der Waals surface area contributed by atoms with Crippen molar-refractivity contribution in [3.63, 3.8) is 0 Å². The van der Waals surface area contributed by atoms with E-state index in [9.17, 15) is 10.2 Å². The number of nitrogens with one attached hydrogen (secondary N) is 1. The van der Waals surface area contributed by atoms with E-state index >= 15 is 0 Å². The van der Waals surface area contributed by atoms with E-state index in [1.54, 1.807) is 12.1 Å². The first-order valence-electron chi connectivity index (χ1n) is 6.99. The van der Waals surface area contributed by atoms with Crippen LogP contribution < -0.4 is 10.1 Å². The average molecular weight is 300 g/mol. The second-order valence-corrected chi connectivity index (χ2v) is 5.99. The number of benzene rings is 1. The molecule has 0 bridgehead atoms. The Morgan fingerprint density at radius 1 is 1.45 bits per heavy atom. The van der Waals surface area contributed by atoms with E-state index in [1.807, 2.05) is 13.0 Å². The lowest BCUT2D eigenvalue weighted by molar-refractivity contribution is -0.0334. The van der Waals surface area contributed by atoms with Crippen LogP contribution in [0.4, 0.5) is 0 Å². The highest BCUT2D eigenvalue weighted by atomic mass is 35.5. The molecular formula is C15H22ClNO3. The Labute approximate surface area is 124 Å². The molecule has 0 saturated heterocycles. The summed E-state index contributed by atoms with van der Waals surface area (Å²) in [4.78, 5) is 0. The van der Waals surface area contributed by atoms with Gasteiger partial charge in [-0.2, -0.15) is 0 Å². The van der Waals surface area contributed by atoms with Gasteiger partial charge in [0.25, 0.3) is 0 Å². The van der Waals surface area contributed by atoms with Gasteiger partial charge in [0.15, 0.2) is 0 Å². The highest BCUT2D eigenvalue weighted by Gasteiger charge is 2.33. The van der Waals surface area contributed by atoms with E-state index in [4.69, 9.17) is 16.3 Å². The summed E-state index contributed by atoms with van der Waals surface area (Å²) in [5.74, 6) is 0.698. The van der Waals surface area contributed by atoms with E-state index in [-0.39, 0.29) is 6.61 Å². The van der Waals surface area contributed by atoms with Crippen molar-refractivity contribution in [1.29, 1.82) is 0 Å². The van der Waals surface area contributed by atoms with Crippen LogP contribution in [-0.2, 0) is 0 Å². The quantitative estimate of drug-likeness (QED) is 0.719. The van der Waals surface area contributed by atoms with E-state index in [1.165, 1.54) is 0 Å². The van der Waals surface area contributed by atoms with Crippen molar-refractivity contribution in [3.05, 3.63) is 28.8 Å². The molecule has 1 saturated carbocycles. The summed E-state index contributed by atoms with van der Waals surface area (Å²) in [6.45, 7) is 3.07. The summed E-state index contributed by atoms with van der Waals surface area (Å²) in [6, 6.07) is 5.41. The molecule has 0 aromatic heterocycles. The maximum atomic E-state index is 9.90. The van der Waals surface area contributed by atoms with Crippen LogP contribution in [0.1, 0.15) is 24.8 Å². The lowest BCUT2D eigenvalue weighted by Gasteiger charge is -2.36. The molecule has 1 unspecified atom stereocenters. The lowest BCUT2D eigenvalue weighted by atomic mass is 9.80. The summed E-state index contributed by atoms with van der Waals surface area (Å²) in [6.07, 6.45) is 2.17. The van der Waals surface area contributed by atoms with Crippen LogP contribution in [0.5, 0.6) is 5.75 Å². The molecule has 1 atom stereocenters. The predicted octanol–water partition coefficient (Wildman–Crippen LogP) is 1.89. The van der Waals surface area contributed by atoms with Gasteiger partial charge in [0.05, 0.1) is 5.60 Å². The zero-order valence-electron chi connectivity index (χ0n) is 11.7. The monoisotopic (exact) mass is 299 g/mol. The average Bonchev–Trinajstić information content (AvgIpc) is 2.38. The molecule has 0 heterocycles. The Morgan fingerprint density at radius 2 is 2.20 bits per heavy atom. The second kappa shape index (κ2) is 6.76. The third-order valence-corrected chi connectivity index (χ3v) is 4.11. The minimum Gasteiger partial charge on any atom is -0.491 e. The largest absolute Gasteiger partial charge is 0.491 e. The van der Waals surface area contributed by atoms with Crippen molar-refractivity contribution in [3.8, 4) is 5.75 Å². The normalized spacial score (nSPS) is 18.4. The summed E-state index contributed by atoms with van der Waals surface area (Å²) in [7, 11) is 0. The molecule has 1 fully saturated rings. The van der Waals surface area contributed by atoms with Crippen LogP contribution in [0.3, 0.4) is 0 Å². The lowest BCUT2D eigenvalue weighted by Crippen LogP contribution is -2.48. The van der Waals surface area contributed by atoms with Gasteiger partial charge in [0.1, 0.15) is 18.5 Å². The minimum atomic E-state index is -0.602. The fourth-order valence-corrected chi connectivity index (χ4v) is 2.31. The van der Waals surface area contributed by atoms with Crippen molar-refractivity contribution in [2.75, 3.05) is 19.7 Å². The Bertz CT molecular complexity index is 449. The molecule has 1 aromatic carbocycles. The Balaban J connectivity index is 1.66. The van der Waals surface area contributed by atoms with Crippen LogP contribution >= 0.6 is 11.6 Å². The zero-order valence-corrected chi connectivity index (χ0v) is 12.5. The van der Waals surface area contributed by atoms with Crippen LogP contribution in [-0.4, -0.2) is 41.6 Å². The number of aryl methyl sites for hydroxylation is 1. The minimum absolute atomic E-state index is 0.215. The fourth-order valence-electron chi connectivity index (χ4n) is 2.19. The maximum absolute atomic E-state index is 9.90. The van der Waals surface area contributed by atoms with Gasteiger partial charge in [-0.25, -0.2) is 0 Å². The third-order valence-electron chi connectivity index (χ3n) is 3.69. The first-order chi connectivity index (χ1) is 9.48. The highest BCUT2D eigenvalue weighted by molar-refractivity contribution is 6.31. The van der Waals surface area contributed by atoms with E-state index in [0.29, 0.717) is 23.9 Å². The molecular weight excluding hydrogens is 278 g/mol. The van der Waals surface area contributed by atoms with Crippen LogP contribution in [0.25, 0.3) is 0 Å².